The number of alkyl halides is 3. The largest absolute Gasteiger partial charge is 0.437 e. The highest BCUT2D eigenvalue weighted by Crippen LogP contribution is 2.52. The normalized spacial score (nSPS) is 21.1. The van der Waals surface area contributed by atoms with Gasteiger partial charge in [-0.05, 0) is 43.6 Å². The van der Waals surface area contributed by atoms with E-state index in [9.17, 15) is 17.6 Å². The van der Waals surface area contributed by atoms with E-state index in [1.54, 1.807) is 25.1 Å². The van der Waals surface area contributed by atoms with Crippen molar-refractivity contribution >= 4 is 5.69 Å². The molecule has 0 unspecified atom stereocenters. The summed E-state index contributed by atoms with van der Waals surface area (Å²) in [4.78, 5) is 3.75. The number of hydrogen-bond acceptors (Lipinski definition) is 4. The van der Waals surface area contributed by atoms with Crippen molar-refractivity contribution in [2.75, 3.05) is 32.1 Å². The standard InChI is InChI=1S/C16H20F4N4/c1-23(2)14-4-3-11(9-13(14)17)10-24-7-5-12(6-8-24)15(21-22-15)16(18,19)20/h3-4,9,12H,5-8,10H2,1-2H3. The predicted octanol–water partition coefficient (Wildman–Crippen LogP) is 3.83. The topological polar surface area (TPSA) is 31.2 Å². The molecule has 1 aromatic carbocycles. The Balaban J connectivity index is 1.57. The van der Waals surface area contributed by atoms with Crippen LogP contribution in [-0.4, -0.2) is 43.9 Å². The van der Waals surface area contributed by atoms with Crippen LogP contribution in [0.4, 0.5) is 23.2 Å². The highest BCUT2D eigenvalue weighted by Gasteiger charge is 2.67. The van der Waals surface area contributed by atoms with Crippen molar-refractivity contribution in [2.24, 2.45) is 16.1 Å². The predicted molar refractivity (Wildman–Crippen MR) is 82.4 cm³/mol. The third-order valence-electron chi connectivity index (χ3n) is 4.79. The van der Waals surface area contributed by atoms with E-state index in [1.165, 1.54) is 6.07 Å². The number of halogens is 4. The summed E-state index contributed by atoms with van der Waals surface area (Å²) in [5.41, 5.74) is -0.817. The van der Waals surface area contributed by atoms with Crippen molar-refractivity contribution in [1.29, 1.82) is 0 Å². The Morgan fingerprint density at radius 1 is 1.21 bits per heavy atom. The summed E-state index contributed by atoms with van der Waals surface area (Å²) >= 11 is 0. The van der Waals surface area contributed by atoms with Gasteiger partial charge >= 0.3 is 6.18 Å². The molecule has 3 rings (SSSR count). The third kappa shape index (κ3) is 3.11. The molecular weight excluding hydrogens is 324 g/mol. The van der Waals surface area contributed by atoms with Gasteiger partial charge in [0.1, 0.15) is 5.82 Å². The molecule has 0 N–H and O–H groups in total. The smallest absolute Gasteiger partial charge is 0.375 e. The molecule has 0 aromatic heterocycles. The van der Waals surface area contributed by atoms with Gasteiger partial charge in [-0.2, -0.15) is 13.2 Å². The zero-order chi connectivity index (χ0) is 17.5. The molecule has 0 amide bonds. The van der Waals surface area contributed by atoms with Crippen molar-refractivity contribution in [2.45, 2.75) is 31.2 Å². The number of rotatable bonds is 4. The maximum atomic E-state index is 14.0. The van der Waals surface area contributed by atoms with Crippen molar-refractivity contribution < 1.29 is 17.6 Å². The molecule has 0 aliphatic carbocycles. The summed E-state index contributed by atoms with van der Waals surface area (Å²) < 4.78 is 53.1. The molecule has 2 heterocycles. The van der Waals surface area contributed by atoms with Crippen LogP contribution in [0, 0.1) is 11.7 Å². The Bertz CT molecular complexity index is 627. The second kappa shape index (κ2) is 5.98. The Hall–Kier alpha value is -1.70. The number of piperidine rings is 1. The van der Waals surface area contributed by atoms with E-state index in [1.807, 2.05) is 11.0 Å². The van der Waals surface area contributed by atoms with Crippen LogP contribution in [0.25, 0.3) is 0 Å². The van der Waals surface area contributed by atoms with E-state index < -0.39 is 17.8 Å². The second-order valence-corrected chi connectivity index (χ2v) is 6.65. The molecule has 1 saturated heterocycles. The van der Waals surface area contributed by atoms with Crippen LogP contribution in [-0.2, 0) is 6.54 Å². The van der Waals surface area contributed by atoms with E-state index in [-0.39, 0.29) is 5.82 Å². The molecule has 1 aromatic rings. The van der Waals surface area contributed by atoms with E-state index in [4.69, 9.17) is 0 Å². The zero-order valence-corrected chi connectivity index (χ0v) is 13.6. The minimum atomic E-state index is -4.40. The van der Waals surface area contributed by atoms with Gasteiger partial charge in [0, 0.05) is 26.6 Å². The van der Waals surface area contributed by atoms with Gasteiger partial charge in [0.15, 0.2) is 0 Å². The Kier molecular flexibility index (Phi) is 4.27. The number of anilines is 1. The molecule has 8 heteroatoms. The Morgan fingerprint density at radius 2 is 1.83 bits per heavy atom. The van der Waals surface area contributed by atoms with Gasteiger partial charge < -0.3 is 4.90 Å². The fraction of sp³-hybridized carbons (Fsp3) is 0.625. The van der Waals surface area contributed by atoms with E-state index in [2.05, 4.69) is 10.2 Å². The van der Waals surface area contributed by atoms with Gasteiger partial charge in [-0.25, -0.2) is 4.39 Å². The SMILES string of the molecule is CN(C)c1ccc(CN2CCC(C3(C(F)(F)F)N=N3)CC2)cc1F. The van der Waals surface area contributed by atoms with Gasteiger partial charge in [-0.3, -0.25) is 4.90 Å². The maximum absolute atomic E-state index is 14.0. The van der Waals surface area contributed by atoms with Crippen molar-refractivity contribution in [1.82, 2.24) is 4.90 Å². The lowest BCUT2D eigenvalue weighted by Gasteiger charge is -2.34. The van der Waals surface area contributed by atoms with Gasteiger partial charge in [0.2, 0.25) is 0 Å². The number of hydrogen-bond donors (Lipinski definition) is 0. The van der Waals surface area contributed by atoms with Gasteiger partial charge in [-0.1, -0.05) is 6.07 Å². The van der Waals surface area contributed by atoms with Crippen LogP contribution in [0.15, 0.2) is 28.4 Å². The van der Waals surface area contributed by atoms with Crippen LogP contribution >= 0.6 is 0 Å². The van der Waals surface area contributed by atoms with Crippen LogP contribution in [0.1, 0.15) is 18.4 Å². The monoisotopic (exact) mass is 344 g/mol. The summed E-state index contributed by atoms with van der Waals surface area (Å²) in [5.74, 6) is -0.874. The molecule has 0 atom stereocenters. The fourth-order valence-electron chi connectivity index (χ4n) is 3.33. The molecule has 2 aliphatic heterocycles. The average molecular weight is 344 g/mol. The minimum Gasteiger partial charge on any atom is -0.375 e. The molecule has 0 bridgehead atoms. The Labute approximate surface area is 138 Å². The summed E-state index contributed by atoms with van der Waals surface area (Å²) in [6.45, 7) is 1.60. The van der Waals surface area contributed by atoms with Gasteiger partial charge in [-0.15, -0.1) is 10.2 Å². The number of likely N-dealkylation sites (tertiary alicyclic amines) is 1. The third-order valence-corrected chi connectivity index (χ3v) is 4.79. The van der Waals surface area contributed by atoms with Crippen LogP contribution in [0.2, 0.25) is 0 Å². The summed E-state index contributed by atoms with van der Waals surface area (Å²) in [6, 6.07) is 5.06. The first-order valence-electron chi connectivity index (χ1n) is 7.92. The van der Waals surface area contributed by atoms with Crippen molar-refractivity contribution in [3.8, 4) is 0 Å². The van der Waals surface area contributed by atoms with Crippen LogP contribution < -0.4 is 4.90 Å². The summed E-state index contributed by atoms with van der Waals surface area (Å²) in [7, 11) is 3.54. The molecule has 0 radical (unpaired) electrons. The first-order chi connectivity index (χ1) is 11.2. The van der Waals surface area contributed by atoms with Gasteiger partial charge in [0.25, 0.3) is 5.66 Å². The highest BCUT2D eigenvalue weighted by atomic mass is 19.4. The van der Waals surface area contributed by atoms with Crippen LogP contribution in [0.5, 0.6) is 0 Å². The van der Waals surface area contributed by atoms with E-state index in [0.29, 0.717) is 38.2 Å². The summed E-state index contributed by atoms with van der Waals surface area (Å²) in [6.07, 6.45) is -3.61. The average Bonchev–Trinajstić information content (AvgIpc) is 3.29. The van der Waals surface area contributed by atoms with Crippen molar-refractivity contribution in [3.05, 3.63) is 29.6 Å². The molecule has 24 heavy (non-hydrogen) atoms. The highest BCUT2D eigenvalue weighted by molar-refractivity contribution is 5.47. The lowest BCUT2D eigenvalue weighted by Crippen LogP contribution is -2.45. The Morgan fingerprint density at radius 3 is 2.29 bits per heavy atom. The molecule has 2 aliphatic rings. The van der Waals surface area contributed by atoms with E-state index in [0.717, 1.165) is 5.56 Å². The van der Waals surface area contributed by atoms with Crippen molar-refractivity contribution in [3.63, 3.8) is 0 Å². The molecule has 0 spiro atoms. The van der Waals surface area contributed by atoms with E-state index >= 15 is 0 Å². The maximum Gasteiger partial charge on any atom is 0.437 e. The van der Waals surface area contributed by atoms with Crippen LogP contribution in [0.3, 0.4) is 0 Å². The second-order valence-electron chi connectivity index (χ2n) is 6.65. The lowest BCUT2D eigenvalue weighted by atomic mass is 9.86. The first kappa shape index (κ1) is 17.1. The number of benzene rings is 1. The molecule has 132 valence electrons. The lowest BCUT2D eigenvalue weighted by molar-refractivity contribution is -0.180. The minimum absolute atomic E-state index is 0.293. The molecule has 4 nitrogen and oxygen atoms in total. The summed E-state index contributed by atoms with van der Waals surface area (Å²) in [5, 5.41) is 6.61. The first-order valence-corrected chi connectivity index (χ1v) is 7.92. The number of nitrogens with zero attached hydrogens (tertiary/aromatic N) is 4. The fourth-order valence-corrected chi connectivity index (χ4v) is 3.33. The zero-order valence-electron chi connectivity index (χ0n) is 13.6. The quantitative estimate of drug-likeness (QED) is 0.778. The molecule has 1 fully saturated rings. The molecular formula is C16H20F4N4. The molecule has 0 saturated carbocycles. The van der Waals surface area contributed by atoms with Gasteiger partial charge in [0.05, 0.1) is 5.69 Å².